The molecule has 4 aromatic rings. The summed E-state index contributed by atoms with van der Waals surface area (Å²) in [4.78, 5) is 43.8. The summed E-state index contributed by atoms with van der Waals surface area (Å²) in [7, 11) is 0. The molecule has 0 spiro atoms. The first-order valence-electron chi connectivity index (χ1n) is 12.2. The number of aromatic nitrogens is 2. The van der Waals surface area contributed by atoms with Crippen LogP contribution < -0.4 is 15.6 Å². The molecule has 37 heavy (non-hydrogen) atoms. The molecule has 0 unspecified atom stereocenters. The zero-order valence-electron chi connectivity index (χ0n) is 21.1. The highest BCUT2D eigenvalue weighted by atomic mass is 32.1. The Kier molecular flexibility index (Phi) is 8.35. The maximum absolute atomic E-state index is 13.2. The first kappa shape index (κ1) is 26.1. The molecular weight excluding hydrogens is 490 g/mol. The van der Waals surface area contributed by atoms with Gasteiger partial charge in [0.1, 0.15) is 35.2 Å². The maximum Gasteiger partial charge on any atom is 0.348 e. The Balaban J connectivity index is 1.46. The Hall–Kier alpha value is -3.98. The normalized spacial score (nSPS) is 10.9. The van der Waals surface area contributed by atoms with E-state index in [9.17, 15) is 14.4 Å². The number of thiophene rings is 1. The highest BCUT2D eigenvalue weighted by Crippen LogP contribution is 2.27. The molecule has 1 amide bonds. The number of hydrogen-bond acceptors (Lipinski definition) is 7. The fourth-order valence-electron chi connectivity index (χ4n) is 4.08. The van der Waals surface area contributed by atoms with E-state index in [0.29, 0.717) is 26.4 Å². The number of carbonyl (C=O) groups excluding carboxylic acids is 2. The summed E-state index contributed by atoms with van der Waals surface area (Å²) >= 11 is 1.10. The van der Waals surface area contributed by atoms with E-state index in [1.165, 1.54) is 10.9 Å². The van der Waals surface area contributed by atoms with Gasteiger partial charge in [-0.1, -0.05) is 50.2 Å². The number of nitrogens with one attached hydrogen (secondary N) is 1. The van der Waals surface area contributed by atoms with E-state index in [1.54, 1.807) is 6.92 Å². The van der Waals surface area contributed by atoms with E-state index in [0.717, 1.165) is 41.0 Å². The van der Waals surface area contributed by atoms with Crippen LogP contribution in [0.4, 0.5) is 5.69 Å². The van der Waals surface area contributed by atoms with E-state index < -0.39 is 5.97 Å². The second kappa shape index (κ2) is 11.8. The lowest BCUT2D eigenvalue weighted by molar-refractivity contribution is -0.116. The number of para-hydroxylation sites is 2. The van der Waals surface area contributed by atoms with Gasteiger partial charge in [-0.25, -0.2) is 9.78 Å². The van der Waals surface area contributed by atoms with Crippen LogP contribution in [0, 0.1) is 6.92 Å². The quantitative estimate of drug-likeness (QED) is 0.239. The van der Waals surface area contributed by atoms with Gasteiger partial charge in [0.15, 0.2) is 0 Å². The average molecular weight is 520 g/mol. The molecule has 0 aliphatic rings. The first-order valence-corrected chi connectivity index (χ1v) is 13.0. The minimum atomic E-state index is -0.538. The number of rotatable bonds is 10. The van der Waals surface area contributed by atoms with Crippen molar-refractivity contribution in [1.29, 1.82) is 0 Å². The van der Waals surface area contributed by atoms with Crippen LogP contribution in [0.15, 0.2) is 59.7 Å². The highest BCUT2D eigenvalue weighted by Gasteiger charge is 2.21. The predicted molar refractivity (Wildman–Crippen MR) is 145 cm³/mol. The Morgan fingerprint density at radius 3 is 2.38 bits per heavy atom. The summed E-state index contributed by atoms with van der Waals surface area (Å²) in [5.41, 5.74) is 3.00. The molecule has 0 saturated heterocycles. The molecule has 1 N–H and O–H groups in total. The van der Waals surface area contributed by atoms with E-state index >= 15 is 0 Å². The summed E-state index contributed by atoms with van der Waals surface area (Å²) in [6, 6.07) is 15.2. The molecule has 2 aromatic carbocycles. The third-order valence-corrected chi connectivity index (χ3v) is 7.19. The summed E-state index contributed by atoms with van der Waals surface area (Å²) in [6.45, 7) is 5.85. The number of carbonyl (C=O) groups is 2. The number of fused-ring (bicyclic) bond motifs is 1. The number of esters is 1. The molecule has 2 aromatic heterocycles. The van der Waals surface area contributed by atoms with Gasteiger partial charge >= 0.3 is 5.97 Å². The van der Waals surface area contributed by atoms with E-state index in [4.69, 9.17) is 9.47 Å². The van der Waals surface area contributed by atoms with Crippen molar-refractivity contribution in [2.24, 2.45) is 0 Å². The third kappa shape index (κ3) is 5.89. The number of aryl methyl sites for hydroxylation is 3. The van der Waals surface area contributed by atoms with Crippen molar-refractivity contribution < 1.29 is 19.1 Å². The molecule has 0 atom stereocenters. The topological polar surface area (TPSA) is 99.5 Å². The molecule has 0 saturated carbocycles. The van der Waals surface area contributed by atoms with Gasteiger partial charge < -0.3 is 14.8 Å². The maximum atomic E-state index is 13.2. The molecule has 0 aliphatic heterocycles. The zero-order chi connectivity index (χ0) is 26.4. The van der Waals surface area contributed by atoms with Crippen LogP contribution >= 0.6 is 11.3 Å². The molecule has 8 nitrogen and oxygen atoms in total. The summed E-state index contributed by atoms with van der Waals surface area (Å²) in [5, 5.41) is 3.29. The van der Waals surface area contributed by atoms with Crippen molar-refractivity contribution in [2.75, 3.05) is 18.5 Å². The third-order valence-electron chi connectivity index (χ3n) is 6.01. The van der Waals surface area contributed by atoms with E-state index in [-0.39, 0.29) is 31.2 Å². The number of amides is 1. The number of hydrogen-bond donors (Lipinski definition) is 1. The van der Waals surface area contributed by atoms with E-state index in [1.807, 2.05) is 62.4 Å². The lowest BCUT2D eigenvalue weighted by Gasteiger charge is -2.15. The minimum absolute atomic E-state index is 0.0677. The molecule has 0 aliphatic carbocycles. The molecule has 0 bridgehead atoms. The van der Waals surface area contributed by atoms with Crippen molar-refractivity contribution in [3.05, 3.63) is 86.8 Å². The van der Waals surface area contributed by atoms with Crippen LogP contribution in [-0.2, 0) is 28.9 Å². The number of benzene rings is 2. The minimum Gasteiger partial charge on any atom is -0.490 e. The number of nitrogens with zero attached hydrogens (tertiary/aromatic N) is 2. The lowest BCUT2D eigenvalue weighted by atomic mass is 10.0. The second-order valence-corrected chi connectivity index (χ2v) is 9.42. The van der Waals surface area contributed by atoms with Crippen LogP contribution in [0.5, 0.6) is 5.75 Å². The SMILES string of the molecule is CCc1cccc(CC)c1NC(=O)Cn1cnc2sc(C(=O)OCCOc3ccccc3)c(C)c2c1=O. The number of ether oxygens (including phenoxy) is 2. The standard InChI is InChI=1S/C28H29N3O5S/c1-4-19-10-9-11-20(5-2)24(19)30-22(32)16-31-17-29-26-23(27(31)33)18(3)25(37-26)28(34)36-15-14-35-21-12-7-6-8-13-21/h6-13,17H,4-5,14-16H2,1-3H3,(H,30,32). The van der Waals surface area contributed by atoms with Crippen molar-refractivity contribution >= 4 is 39.1 Å². The largest absolute Gasteiger partial charge is 0.490 e. The van der Waals surface area contributed by atoms with Crippen molar-refractivity contribution in [1.82, 2.24) is 9.55 Å². The smallest absolute Gasteiger partial charge is 0.348 e. The second-order valence-electron chi connectivity index (χ2n) is 8.42. The van der Waals surface area contributed by atoms with Gasteiger partial charge in [0.2, 0.25) is 5.91 Å². The fraction of sp³-hybridized carbons (Fsp3) is 0.286. The van der Waals surface area contributed by atoms with Crippen molar-refractivity contribution in [3.63, 3.8) is 0 Å². The highest BCUT2D eigenvalue weighted by molar-refractivity contribution is 7.20. The van der Waals surface area contributed by atoms with Gasteiger partial charge in [0.25, 0.3) is 5.56 Å². The Bertz CT molecular complexity index is 1450. The van der Waals surface area contributed by atoms with Gasteiger partial charge in [-0.3, -0.25) is 14.2 Å². The molecule has 4 rings (SSSR count). The van der Waals surface area contributed by atoms with Crippen molar-refractivity contribution in [2.45, 2.75) is 40.2 Å². The van der Waals surface area contributed by atoms with Gasteiger partial charge in [-0.2, -0.15) is 0 Å². The molecule has 9 heteroatoms. The van der Waals surface area contributed by atoms with Crippen LogP contribution in [0.1, 0.15) is 40.2 Å². The lowest BCUT2D eigenvalue weighted by Crippen LogP contribution is -2.28. The van der Waals surface area contributed by atoms with Gasteiger partial charge in [0.05, 0.1) is 11.7 Å². The van der Waals surface area contributed by atoms with Crippen LogP contribution in [0.25, 0.3) is 10.2 Å². The van der Waals surface area contributed by atoms with Gasteiger partial charge in [-0.15, -0.1) is 11.3 Å². The van der Waals surface area contributed by atoms with E-state index in [2.05, 4.69) is 10.3 Å². The summed E-state index contributed by atoms with van der Waals surface area (Å²) in [6.07, 6.45) is 2.90. The fourth-order valence-corrected chi connectivity index (χ4v) is 5.11. The number of anilines is 1. The summed E-state index contributed by atoms with van der Waals surface area (Å²) < 4.78 is 12.2. The first-order chi connectivity index (χ1) is 17.9. The molecule has 0 fully saturated rings. The van der Waals surface area contributed by atoms with Crippen LogP contribution in [0.2, 0.25) is 0 Å². The van der Waals surface area contributed by atoms with Crippen molar-refractivity contribution in [3.8, 4) is 5.75 Å². The Morgan fingerprint density at radius 1 is 1.00 bits per heavy atom. The molecular formula is C28H29N3O5S. The molecule has 192 valence electrons. The van der Waals surface area contributed by atoms with Crippen LogP contribution in [0.3, 0.4) is 0 Å². The Morgan fingerprint density at radius 2 is 1.70 bits per heavy atom. The molecule has 0 radical (unpaired) electrons. The monoisotopic (exact) mass is 519 g/mol. The molecule has 2 heterocycles. The zero-order valence-corrected chi connectivity index (χ0v) is 21.9. The van der Waals surface area contributed by atoms with Gasteiger partial charge in [0, 0.05) is 5.69 Å². The Labute approximate surface area is 218 Å². The average Bonchev–Trinajstić information content (AvgIpc) is 3.25. The predicted octanol–water partition coefficient (Wildman–Crippen LogP) is 4.77. The summed E-state index contributed by atoms with van der Waals surface area (Å²) in [5.74, 6) is -0.164. The van der Waals surface area contributed by atoms with Gasteiger partial charge in [-0.05, 0) is 48.6 Å². The van der Waals surface area contributed by atoms with Crippen LogP contribution in [-0.4, -0.2) is 34.6 Å².